The van der Waals surface area contributed by atoms with Crippen LogP contribution < -0.4 is 4.74 Å². The number of hydrogen-bond acceptors (Lipinski definition) is 6. The fourth-order valence-electron chi connectivity index (χ4n) is 3.26. The van der Waals surface area contributed by atoms with E-state index in [1.807, 2.05) is 24.4 Å². The molecular formula is C21H23N5O. The monoisotopic (exact) mass is 361 g/mol. The third-order valence-corrected chi connectivity index (χ3v) is 4.64. The molecule has 0 spiro atoms. The van der Waals surface area contributed by atoms with Gasteiger partial charge in [0.15, 0.2) is 5.82 Å². The molecule has 0 radical (unpaired) electrons. The Morgan fingerprint density at radius 3 is 2.85 bits per heavy atom. The Labute approximate surface area is 159 Å². The number of aromatic nitrogens is 4. The van der Waals surface area contributed by atoms with E-state index in [0.29, 0.717) is 6.61 Å². The Morgan fingerprint density at radius 2 is 2.00 bits per heavy atom. The summed E-state index contributed by atoms with van der Waals surface area (Å²) in [5.41, 5.74) is 4.47. The van der Waals surface area contributed by atoms with E-state index in [1.54, 1.807) is 18.6 Å². The van der Waals surface area contributed by atoms with Crippen LogP contribution in [0.25, 0.3) is 11.4 Å². The summed E-state index contributed by atoms with van der Waals surface area (Å²) >= 11 is 0. The molecule has 3 aromatic rings. The highest BCUT2D eigenvalue weighted by Gasteiger charge is 2.20. The number of fused-ring (bicyclic) bond motifs is 1. The predicted octanol–water partition coefficient (Wildman–Crippen LogP) is 3.28. The van der Waals surface area contributed by atoms with Crippen molar-refractivity contribution in [2.24, 2.45) is 0 Å². The molecule has 6 nitrogen and oxygen atoms in total. The van der Waals surface area contributed by atoms with Gasteiger partial charge in [-0.2, -0.15) is 0 Å². The number of nitrogens with zero attached hydrogens (tertiary/aromatic N) is 5. The standard InChI is InChI=1S/C21H23N5O/c1-2-12-27-21-17(4-3-8-23-21)14-26-11-7-19-18(15-26)13-24-20(25-19)16-5-9-22-10-6-16/h3-6,8-10,13H,2,7,11-12,14-15H2,1H3. The summed E-state index contributed by atoms with van der Waals surface area (Å²) in [6.07, 6.45) is 9.18. The zero-order valence-electron chi connectivity index (χ0n) is 15.5. The zero-order valence-corrected chi connectivity index (χ0v) is 15.5. The van der Waals surface area contributed by atoms with Crippen molar-refractivity contribution in [2.75, 3.05) is 13.2 Å². The van der Waals surface area contributed by atoms with Gasteiger partial charge in [-0.15, -0.1) is 0 Å². The first-order valence-electron chi connectivity index (χ1n) is 9.37. The van der Waals surface area contributed by atoms with Crippen molar-refractivity contribution in [3.8, 4) is 17.3 Å². The maximum absolute atomic E-state index is 5.79. The van der Waals surface area contributed by atoms with Crippen LogP contribution in [0, 0.1) is 0 Å². The van der Waals surface area contributed by atoms with E-state index in [1.165, 1.54) is 5.56 Å². The van der Waals surface area contributed by atoms with Gasteiger partial charge in [-0.3, -0.25) is 9.88 Å². The maximum atomic E-state index is 5.79. The van der Waals surface area contributed by atoms with Crippen LogP contribution in [-0.4, -0.2) is 38.0 Å². The average molecular weight is 361 g/mol. The van der Waals surface area contributed by atoms with Crippen molar-refractivity contribution in [2.45, 2.75) is 32.9 Å². The topological polar surface area (TPSA) is 64.0 Å². The second-order valence-corrected chi connectivity index (χ2v) is 6.68. The largest absolute Gasteiger partial charge is 0.477 e. The van der Waals surface area contributed by atoms with E-state index in [2.05, 4.69) is 32.8 Å². The van der Waals surface area contributed by atoms with Crippen LogP contribution >= 0.6 is 0 Å². The van der Waals surface area contributed by atoms with Gasteiger partial charge in [0.1, 0.15) is 0 Å². The van der Waals surface area contributed by atoms with E-state index in [4.69, 9.17) is 9.72 Å². The molecule has 3 aromatic heterocycles. The second kappa shape index (κ2) is 8.22. The van der Waals surface area contributed by atoms with Crippen LogP contribution in [0.2, 0.25) is 0 Å². The predicted molar refractivity (Wildman–Crippen MR) is 103 cm³/mol. The van der Waals surface area contributed by atoms with Crippen LogP contribution in [0.4, 0.5) is 0 Å². The van der Waals surface area contributed by atoms with Crippen LogP contribution in [0.3, 0.4) is 0 Å². The number of rotatable bonds is 6. The fourth-order valence-corrected chi connectivity index (χ4v) is 3.26. The highest BCUT2D eigenvalue weighted by Crippen LogP contribution is 2.24. The molecule has 0 atom stereocenters. The Morgan fingerprint density at radius 1 is 1.11 bits per heavy atom. The summed E-state index contributed by atoms with van der Waals surface area (Å²) in [6, 6.07) is 7.95. The van der Waals surface area contributed by atoms with Crippen LogP contribution in [0.5, 0.6) is 5.88 Å². The van der Waals surface area contributed by atoms with E-state index >= 15 is 0 Å². The third-order valence-electron chi connectivity index (χ3n) is 4.64. The van der Waals surface area contributed by atoms with Crippen molar-refractivity contribution in [1.82, 2.24) is 24.8 Å². The molecule has 0 saturated carbocycles. The van der Waals surface area contributed by atoms with Gasteiger partial charge in [-0.1, -0.05) is 13.0 Å². The zero-order chi connectivity index (χ0) is 18.5. The van der Waals surface area contributed by atoms with Gasteiger partial charge < -0.3 is 4.74 Å². The summed E-state index contributed by atoms with van der Waals surface area (Å²) in [6.45, 7) is 5.41. The Bertz CT molecular complexity index is 900. The summed E-state index contributed by atoms with van der Waals surface area (Å²) in [4.78, 5) is 20.2. The van der Waals surface area contributed by atoms with Gasteiger partial charge in [0.25, 0.3) is 0 Å². The minimum Gasteiger partial charge on any atom is -0.477 e. The lowest BCUT2D eigenvalue weighted by Gasteiger charge is -2.28. The first-order valence-corrected chi connectivity index (χ1v) is 9.37. The van der Waals surface area contributed by atoms with Crippen LogP contribution in [0.15, 0.2) is 49.1 Å². The molecule has 27 heavy (non-hydrogen) atoms. The number of pyridine rings is 2. The smallest absolute Gasteiger partial charge is 0.217 e. The molecule has 0 aliphatic carbocycles. The molecule has 6 heteroatoms. The number of ether oxygens (including phenoxy) is 1. The summed E-state index contributed by atoms with van der Waals surface area (Å²) < 4.78 is 5.79. The Balaban J connectivity index is 1.48. The van der Waals surface area contributed by atoms with Gasteiger partial charge >= 0.3 is 0 Å². The summed E-state index contributed by atoms with van der Waals surface area (Å²) in [7, 11) is 0. The van der Waals surface area contributed by atoms with Crippen molar-refractivity contribution in [3.05, 3.63) is 65.9 Å². The van der Waals surface area contributed by atoms with E-state index < -0.39 is 0 Å². The molecule has 0 unspecified atom stereocenters. The minimum atomic E-state index is 0.693. The molecule has 0 aromatic carbocycles. The maximum Gasteiger partial charge on any atom is 0.217 e. The highest BCUT2D eigenvalue weighted by atomic mass is 16.5. The lowest BCUT2D eigenvalue weighted by atomic mass is 10.1. The van der Waals surface area contributed by atoms with Gasteiger partial charge in [0.2, 0.25) is 5.88 Å². The Kier molecular flexibility index (Phi) is 5.34. The van der Waals surface area contributed by atoms with E-state index in [-0.39, 0.29) is 0 Å². The second-order valence-electron chi connectivity index (χ2n) is 6.68. The summed E-state index contributed by atoms with van der Waals surface area (Å²) in [5.74, 6) is 1.52. The van der Waals surface area contributed by atoms with E-state index in [9.17, 15) is 0 Å². The molecule has 0 fully saturated rings. The molecule has 1 aliphatic heterocycles. The van der Waals surface area contributed by atoms with Gasteiger partial charge in [0.05, 0.1) is 12.3 Å². The first kappa shape index (κ1) is 17.5. The molecule has 0 saturated heterocycles. The third kappa shape index (κ3) is 4.11. The van der Waals surface area contributed by atoms with Crippen LogP contribution in [-0.2, 0) is 19.5 Å². The normalized spacial score (nSPS) is 14.0. The molecule has 4 heterocycles. The van der Waals surface area contributed by atoms with E-state index in [0.717, 1.165) is 61.0 Å². The molecule has 138 valence electrons. The van der Waals surface area contributed by atoms with Crippen molar-refractivity contribution in [1.29, 1.82) is 0 Å². The lowest BCUT2D eigenvalue weighted by molar-refractivity contribution is 0.233. The van der Waals surface area contributed by atoms with Gasteiger partial charge in [-0.25, -0.2) is 15.0 Å². The van der Waals surface area contributed by atoms with Crippen molar-refractivity contribution < 1.29 is 4.74 Å². The first-order chi connectivity index (χ1) is 13.3. The van der Waals surface area contributed by atoms with Gasteiger partial charge in [-0.05, 0) is 24.6 Å². The van der Waals surface area contributed by atoms with Crippen molar-refractivity contribution >= 4 is 0 Å². The molecule has 0 N–H and O–H groups in total. The SMILES string of the molecule is CCCOc1ncccc1CN1CCc2nc(-c3ccncc3)ncc2C1. The number of hydrogen-bond donors (Lipinski definition) is 0. The Hall–Kier alpha value is -2.86. The van der Waals surface area contributed by atoms with Crippen LogP contribution in [0.1, 0.15) is 30.2 Å². The molecule has 0 amide bonds. The fraction of sp³-hybridized carbons (Fsp3) is 0.333. The molecule has 4 rings (SSSR count). The average Bonchev–Trinajstić information content (AvgIpc) is 2.73. The van der Waals surface area contributed by atoms with Crippen molar-refractivity contribution in [3.63, 3.8) is 0 Å². The molecular weight excluding hydrogens is 338 g/mol. The highest BCUT2D eigenvalue weighted by molar-refractivity contribution is 5.54. The van der Waals surface area contributed by atoms with Gasteiger partial charge in [0, 0.05) is 67.5 Å². The quantitative estimate of drug-likeness (QED) is 0.671. The lowest BCUT2D eigenvalue weighted by Crippen LogP contribution is -2.31. The molecule has 1 aliphatic rings. The molecule has 0 bridgehead atoms. The minimum absolute atomic E-state index is 0.693. The summed E-state index contributed by atoms with van der Waals surface area (Å²) in [5, 5.41) is 0.